The lowest BCUT2D eigenvalue weighted by Gasteiger charge is -2.16. The van der Waals surface area contributed by atoms with E-state index in [1.54, 1.807) is 30.4 Å². The van der Waals surface area contributed by atoms with Crippen LogP contribution in [0, 0.1) is 13.8 Å². The molecule has 0 N–H and O–H groups in total. The summed E-state index contributed by atoms with van der Waals surface area (Å²) in [5.41, 5.74) is 3.40. The van der Waals surface area contributed by atoms with Crippen LogP contribution in [0.5, 0.6) is 5.75 Å². The average molecular weight is 413 g/mol. The van der Waals surface area contributed by atoms with Crippen LogP contribution in [0.15, 0.2) is 35.8 Å². The Morgan fingerprint density at radius 2 is 1.96 bits per heavy atom. The van der Waals surface area contributed by atoms with E-state index in [-0.39, 0.29) is 5.91 Å². The molecule has 28 heavy (non-hydrogen) atoms. The number of hydrogen-bond acceptors (Lipinski definition) is 6. The number of imidazole rings is 1. The third-order valence-electron chi connectivity index (χ3n) is 4.53. The van der Waals surface area contributed by atoms with Crippen LogP contribution < -0.4 is 4.74 Å². The first-order valence-electron chi connectivity index (χ1n) is 8.75. The highest BCUT2D eigenvalue weighted by atomic mass is 32.1. The van der Waals surface area contributed by atoms with Crippen LogP contribution in [0.1, 0.15) is 26.8 Å². The quantitative estimate of drug-likeness (QED) is 0.487. The Hall–Kier alpha value is -2.71. The molecule has 0 aliphatic carbocycles. The molecule has 8 heteroatoms. The number of rotatable bonds is 5. The molecule has 0 spiro atoms. The van der Waals surface area contributed by atoms with Crippen LogP contribution in [-0.4, -0.2) is 39.3 Å². The van der Waals surface area contributed by atoms with Crippen molar-refractivity contribution >= 4 is 33.5 Å². The van der Waals surface area contributed by atoms with Crippen molar-refractivity contribution in [1.29, 1.82) is 0 Å². The third-order valence-corrected chi connectivity index (χ3v) is 6.32. The second kappa shape index (κ2) is 7.37. The summed E-state index contributed by atoms with van der Waals surface area (Å²) < 4.78 is 7.26. The second-order valence-electron chi connectivity index (χ2n) is 6.57. The summed E-state index contributed by atoms with van der Waals surface area (Å²) in [5.74, 6) is 0.694. The highest BCUT2D eigenvalue weighted by Crippen LogP contribution is 2.27. The molecular weight excluding hydrogens is 392 g/mol. The molecule has 144 valence electrons. The maximum Gasteiger partial charge on any atom is 0.273 e. The van der Waals surface area contributed by atoms with E-state index < -0.39 is 0 Å². The molecule has 0 atom stereocenters. The first kappa shape index (κ1) is 18.6. The number of fused-ring (bicyclic) bond motifs is 1. The molecule has 0 saturated carbocycles. The maximum atomic E-state index is 12.9. The van der Waals surface area contributed by atoms with Crippen LogP contribution in [-0.2, 0) is 6.54 Å². The fourth-order valence-electron chi connectivity index (χ4n) is 3.03. The summed E-state index contributed by atoms with van der Waals surface area (Å²) >= 11 is 3.11. The lowest BCUT2D eigenvalue weighted by atomic mass is 10.2. The fourth-order valence-corrected chi connectivity index (χ4v) is 4.72. The van der Waals surface area contributed by atoms with Crippen molar-refractivity contribution in [2.75, 3.05) is 14.2 Å². The summed E-state index contributed by atoms with van der Waals surface area (Å²) in [6.07, 6.45) is 2.07. The van der Waals surface area contributed by atoms with E-state index in [1.165, 1.54) is 16.2 Å². The zero-order valence-electron chi connectivity index (χ0n) is 16.1. The van der Waals surface area contributed by atoms with Crippen molar-refractivity contribution < 1.29 is 9.53 Å². The number of hydrogen-bond donors (Lipinski definition) is 0. The predicted molar refractivity (Wildman–Crippen MR) is 112 cm³/mol. The van der Waals surface area contributed by atoms with Gasteiger partial charge in [0.1, 0.15) is 16.5 Å². The largest absolute Gasteiger partial charge is 0.497 e. The fraction of sp³-hybridized carbons (Fsp3) is 0.250. The van der Waals surface area contributed by atoms with Gasteiger partial charge in [0, 0.05) is 29.1 Å². The summed E-state index contributed by atoms with van der Waals surface area (Å²) in [5, 5.41) is 2.63. The highest BCUT2D eigenvalue weighted by molar-refractivity contribution is 7.17. The number of carbonyl (C=O) groups excluding carboxylic acids is 1. The number of nitrogens with zero attached hydrogens (tertiary/aromatic N) is 4. The van der Waals surface area contributed by atoms with E-state index in [1.807, 2.05) is 36.6 Å². The van der Waals surface area contributed by atoms with Crippen LogP contribution >= 0.6 is 22.7 Å². The zero-order chi connectivity index (χ0) is 19.8. The molecular formula is C20H20N4O2S2. The van der Waals surface area contributed by atoms with Crippen molar-refractivity contribution in [3.05, 3.63) is 57.8 Å². The minimum Gasteiger partial charge on any atom is -0.497 e. The molecule has 0 radical (unpaired) electrons. The van der Waals surface area contributed by atoms with E-state index in [9.17, 15) is 4.79 Å². The second-order valence-corrected chi connectivity index (χ2v) is 8.64. The molecule has 4 aromatic rings. The van der Waals surface area contributed by atoms with Gasteiger partial charge in [-0.05, 0) is 38.1 Å². The number of methoxy groups -OCH3 is 1. The van der Waals surface area contributed by atoms with Gasteiger partial charge in [-0.2, -0.15) is 0 Å². The van der Waals surface area contributed by atoms with Gasteiger partial charge in [-0.15, -0.1) is 22.7 Å². The van der Waals surface area contributed by atoms with Gasteiger partial charge in [-0.25, -0.2) is 9.97 Å². The van der Waals surface area contributed by atoms with Gasteiger partial charge in [-0.3, -0.25) is 9.20 Å². The molecule has 4 rings (SSSR count). The van der Waals surface area contributed by atoms with E-state index in [4.69, 9.17) is 4.74 Å². The number of ether oxygens (including phenoxy) is 1. The lowest BCUT2D eigenvalue weighted by molar-refractivity contribution is 0.0778. The highest BCUT2D eigenvalue weighted by Gasteiger charge is 2.20. The Labute approximate surface area is 171 Å². The summed E-state index contributed by atoms with van der Waals surface area (Å²) in [6.45, 7) is 4.52. The van der Waals surface area contributed by atoms with Gasteiger partial charge in [0.25, 0.3) is 5.91 Å². The summed E-state index contributed by atoms with van der Waals surface area (Å²) in [7, 11) is 3.44. The van der Waals surface area contributed by atoms with Crippen LogP contribution in [0.4, 0.5) is 0 Å². The molecule has 3 heterocycles. The van der Waals surface area contributed by atoms with Crippen molar-refractivity contribution in [2.45, 2.75) is 20.4 Å². The van der Waals surface area contributed by atoms with Crippen molar-refractivity contribution in [3.8, 4) is 16.3 Å². The number of benzene rings is 1. The smallest absolute Gasteiger partial charge is 0.273 e. The Bertz CT molecular complexity index is 1140. The van der Waals surface area contributed by atoms with Crippen LogP contribution in [0.25, 0.3) is 15.5 Å². The molecule has 1 aromatic carbocycles. The van der Waals surface area contributed by atoms with Crippen molar-refractivity contribution in [3.63, 3.8) is 0 Å². The topological polar surface area (TPSA) is 59.7 Å². The standard InChI is InChI=1S/C20H20N4O2S2/c1-12-9-24-17(13(2)21-20(24)28-12)10-23(3)19(25)16-11-27-18(22-16)14-5-7-15(26-4)8-6-14/h5-9,11H,10H2,1-4H3. The number of amides is 1. The van der Waals surface area contributed by atoms with Gasteiger partial charge in [0.15, 0.2) is 4.96 Å². The Morgan fingerprint density at radius 3 is 2.68 bits per heavy atom. The minimum atomic E-state index is -0.0997. The lowest BCUT2D eigenvalue weighted by Crippen LogP contribution is -2.27. The Kier molecular flexibility index (Phi) is 4.91. The summed E-state index contributed by atoms with van der Waals surface area (Å²) in [6, 6.07) is 7.67. The number of thiazole rings is 2. The van der Waals surface area contributed by atoms with E-state index in [2.05, 4.69) is 27.5 Å². The average Bonchev–Trinajstić information content (AvgIpc) is 3.38. The predicted octanol–water partition coefficient (Wildman–Crippen LogP) is 4.42. The van der Waals surface area contributed by atoms with E-state index in [0.717, 1.165) is 32.7 Å². The number of carbonyl (C=O) groups is 1. The number of aryl methyl sites for hydroxylation is 2. The van der Waals surface area contributed by atoms with Crippen LogP contribution in [0.2, 0.25) is 0 Å². The molecule has 0 fully saturated rings. The maximum absolute atomic E-state index is 12.9. The van der Waals surface area contributed by atoms with Crippen molar-refractivity contribution in [1.82, 2.24) is 19.3 Å². The molecule has 6 nitrogen and oxygen atoms in total. The third kappa shape index (κ3) is 3.41. The van der Waals surface area contributed by atoms with E-state index in [0.29, 0.717) is 12.2 Å². The van der Waals surface area contributed by atoms with Gasteiger partial charge in [-0.1, -0.05) is 0 Å². The molecule has 0 aliphatic heterocycles. The van der Waals surface area contributed by atoms with E-state index >= 15 is 0 Å². The molecule has 0 bridgehead atoms. The molecule has 0 saturated heterocycles. The summed E-state index contributed by atoms with van der Waals surface area (Å²) in [4.78, 5) is 25.9. The molecule has 0 aliphatic rings. The zero-order valence-corrected chi connectivity index (χ0v) is 17.7. The SMILES string of the molecule is COc1ccc(-c2nc(C(=O)N(C)Cc3c(C)nc4sc(C)cn34)cs2)cc1. The monoisotopic (exact) mass is 412 g/mol. The Balaban J connectivity index is 1.53. The minimum absolute atomic E-state index is 0.0997. The van der Waals surface area contributed by atoms with Gasteiger partial charge >= 0.3 is 0 Å². The first-order chi connectivity index (χ1) is 13.5. The molecule has 1 amide bonds. The van der Waals surface area contributed by atoms with Crippen molar-refractivity contribution in [2.24, 2.45) is 0 Å². The molecule has 3 aromatic heterocycles. The van der Waals surface area contributed by atoms with Gasteiger partial charge in [0.05, 0.1) is 25.0 Å². The first-order valence-corrected chi connectivity index (χ1v) is 10.4. The van der Waals surface area contributed by atoms with Crippen LogP contribution in [0.3, 0.4) is 0 Å². The number of aromatic nitrogens is 3. The normalized spacial score (nSPS) is 11.1. The van der Waals surface area contributed by atoms with Gasteiger partial charge in [0.2, 0.25) is 0 Å². The van der Waals surface area contributed by atoms with Gasteiger partial charge < -0.3 is 9.64 Å². The Morgan fingerprint density at radius 1 is 1.21 bits per heavy atom. The molecule has 0 unspecified atom stereocenters.